The molecule has 1 rings (SSSR count). The lowest BCUT2D eigenvalue weighted by Gasteiger charge is -1.99. The summed E-state index contributed by atoms with van der Waals surface area (Å²) in [6.07, 6.45) is 1.46. The van der Waals surface area contributed by atoms with Crippen LogP contribution in [0, 0.1) is 0 Å². The molecular formula is C5H8N2O2. The van der Waals surface area contributed by atoms with Crippen LogP contribution in [0.2, 0.25) is 0 Å². The Balaban J connectivity index is 2.69. The van der Waals surface area contributed by atoms with Crippen molar-refractivity contribution in [2.45, 2.75) is 6.92 Å². The molecule has 0 radical (unpaired) electrons. The van der Waals surface area contributed by atoms with Crippen LogP contribution in [0.4, 0.5) is 0 Å². The summed E-state index contributed by atoms with van der Waals surface area (Å²) >= 11 is 0. The van der Waals surface area contributed by atoms with Gasteiger partial charge < -0.3 is 9.94 Å². The second-order valence-electron chi connectivity index (χ2n) is 1.48. The summed E-state index contributed by atoms with van der Waals surface area (Å²) in [5.41, 5.74) is 0. The van der Waals surface area contributed by atoms with Gasteiger partial charge in [-0.2, -0.15) is 0 Å². The lowest BCUT2D eigenvalue weighted by atomic mass is 10.7. The van der Waals surface area contributed by atoms with E-state index in [4.69, 9.17) is 9.94 Å². The highest BCUT2D eigenvalue weighted by atomic mass is 16.7. The fourth-order valence-corrected chi connectivity index (χ4v) is 0.505. The van der Waals surface area contributed by atoms with Crippen LogP contribution in [0.5, 0.6) is 5.88 Å². The van der Waals surface area contributed by atoms with E-state index in [2.05, 4.69) is 5.10 Å². The van der Waals surface area contributed by atoms with E-state index >= 15 is 0 Å². The number of nitrogens with zero attached hydrogens (tertiary/aromatic N) is 2. The van der Waals surface area contributed by atoms with E-state index in [0.717, 1.165) is 4.85 Å². The lowest BCUT2D eigenvalue weighted by Crippen LogP contribution is -2.10. The Hall–Kier alpha value is -1.19. The summed E-state index contributed by atoms with van der Waals surface area (Å²) in [6, 6.07) is 1.45. The maximum Gasteiger partial charge on any atom is 0.247 e. The van der Waals surface area contributed by atoms with Gasteiger partial charge in [0.25, 0.3) is 0 Å². The summed E-state index contributed by atoms with van der Waals surface area (Å²) in [7, 11) is 0. The molecule has 1 aromatic heterocycles. The van der Waals surface area contributed by atoms with Crippen LogP contribution < -0.4 is 4.84 Å². The predicted molar refractivity (Wildman–Crippen MR) is 31.0 cm³/mol. The number of aromatic nitrogens is 2. The molecule has 0 amide bonds. The second kappa shape index (κ2) is 2.39. The second-order valence-corrected chi connectivity index (χ2v) is 1.48. The van der Waals surface area contributed by atoms with Crippen LogP contribution in [0.25, 0.3) is 0 Å². The Labute approximate surface area is 52.6 Å². The summed E-state index contributed by atoms with van der Waals surface area (Å²) in [4.78, 5) is 5.90. The molecule has 1 heterocycles. The van der Waals surface area contributed by atoms with Crippen molar-refractivity contribution in [2.24, 2.45) is 0 Å². The van der Waals surface area contributed by atoms with Gasteiger partial charge in [0.15, 0.2) is 0 Å². The first-order chi connectivity index (χ1) is 4.34. The third-order valence-electron chi connectivity index (χ3n) is 0.843. The summed E-state index contributed by atoms with van der Waals surface area (Å²) in [6.45, 7) is 2.32. The number of rotatable bonds is 2. The highest BCUT2D eigenvalue weighted by molar-refractivity contribution is 5.02. The summed E-state index contributed by atoms with van der Waals surface area (Å²) in [5.74, 6) is 0.0249. The molecule has 9 heavy (non-hydrogen) atoms. The number of hydrogen-bond donors (Lipinski definition) is 1. The molecule has 50 valence electrons. The quantitative estimate of drug-likeness (QED) is 0.611. The average Bonchev–Trinajstić information content (AvgIpc) is 2.18. The monoisotopic (exact) mass is 128 g/mol. The molecule has 0 aliphatic rings. The van der Waals surface area contributed by atoms with Gasteiger partial charge in [-0.3, -0.25) is 0 Å². The normalized spacial score (nSPS) is 9.44. The maximum absolute atomic E-state index is 8.86. The molecule has 0 aliphatic carbocycles. The van der Waals surface area contributed by atoms with Gasteiger partial charge in [-0.25, -0.2) is 0 Å². The molecule has 0 spiro atoms. The molecule has 0 bridgehead atoms. The van der Waals surface area contributed by atoms with Gasteiger partial charge >= 0.3 is 0 Å². The van der Waals surface area contributed by atoms with E-state index in [9.17, 15) is 0 Å². The molecule has 0 fully saturated rings. The molecule has 0 atom stereocenters. The molecule has 0 aromatic carbocycles. The molecular weight excluding hydrogens is 120 g/mol. The van der Waals surface area contributed by atoms with Gasteiger partial charge in [-0.1, -0.05) is 4.85 Å². The van der Waals surface area contributed by atoms with Gasteiger partial charge in [0.05, 0.1) is 6.20 Å². The van der Waals surface area contributed by atoms with Crippen molar-refractivity contribution in [1.82, 2.24) is 9.94 Å². The minimum Gasteiger partial charge on any atom is -0.491 e. The van der Waals surface area contributed by atoms with Gasteiger partial charge in [0.2, 0.25) is 5.88 Å². The SMILES string of the molecule is CCOn1nccc1O. The van der Waals surface area contributed by atoms with Crippen molar-refractivity contribution < 1.29 is 9.94 Å². The third-order valence-corrected chi connectivity index (χ3v) is 0.843. The Morgan fingerprint density at radius 3 is 3.11 bits per heavy atom. The van der Waals surface area contributed by atoms with Crippen molar-refractivity contribution in [3.63, 3.8) is 0 Å². The maximum atomic E-state index is 8.86. The molecule has 4 heteroatoms. The first kappa shape index (κ1) is 5.94. The highest BCUT2D eigenvalue weighted by Crippen LogP contribution is 2.01. The van der Waals surface area contributed by atoms with Crippen LogP contribution in [-0.2, 0) is 0 Å². The van der Waals surface area contributed by atoms with Crippen LogP contribution in [-0.4, -0.2) is 21.7 Å². The van der Waals surface area contributed by atoms with Gasteiger partial charge in [-0.15, -0.1) is 5.10 Å². The average molecular weight is 128 g/mol. The molecule has 0 saturated heterocycles. The van der Waals surface area contributed by atoms with Gasteiger partial charge in [0, 0.05) is 6.07 Å². The topological polar surface area (TPSA) is 47.3 Å². The third kappa shape index (κ3) is 1.13. The van der Waals surface area contributed by atoms with E-state index in [-0.39, 0.29) is 5.88 Å². The van der Waals surface area contributed by atoms with Crippen LogP contribution in [0.1, 0.15) is 6.92 Å². The molecule has 1 N–H and O–H groups in total. The fourth-order valence-electron chi connectivity index (χ4n) is 0.505. The Morgan fingerprint density at radius 1 is 1.89 bits per heavy atom. The van der Waals surface area contributed by atoms with Crippen molar-refractivity contribution in [1.29, 1.82) is 0 Å². The van der Waals surface area contributed by atoms with Crippen LogP contribution in [0.15, 0.2) is 12.3 Å². The van der Waals surface area contributed by atoms with E-state index in [1.807, 2.05) is 6.92 Å². The van der Waals surface area contributed by atoms with Crippen LogP contribution in [0.3, 0.4) is 0 Å². The van der Waals surface area contributed by atoms with Crippen LogP contribution >= 0.6 is 0 Å². The molecule has 0 aliphatic heterocycles. The Kier molecular flexibility index (Phi) is 1.58. The van der Waals surface area contributed by atoms with E-state index in [1.54, 1.807) is 0 Å². The highest BCUT2D eigenvalue weighted by Gasteiger charge is 1.95. The Morgan fingerprint density at radius 2 is 2.67 bits per heavy atom. The molecule has 1 aromatic rings. The Bertz CT molecular complexity index is 185. The largest absolute Gasteiger partial charge is 0.491 e. The van der Waals surface area contributed by atoms with Crippen molar-refractivity contribution in [2.75, 3.05) is 6.61 Å². The van der Waals surface area contributed by atoms with E-state index in [0.29, 0.717) is 6.61 Å². The van der Waals surface area contributed by atoms with Gasteiger partial charge in [0.1, 0.15) is 6.61 Å². The minimum atomic E-state index is 0.0249. The zero-order valence-electron chi connectivity index (χ0n) is 5.11. The zero-order chi connectivity index (χ0) is 6.69. The standard InChI is InChI=1S/C5H8N2O2/c1-2-9-7-5(8)3-4-6-7/h3-4,8H,2H2,1H3. The predicted octanol–water partition coefficient (Wildman–Crippen LogP) is 0.0372. The zero-order valence-corrected chi connectivity index (χ0v) is 5.11. The number of hydrogen-bond acceptors (Lipinski definition) is 3. The smallest absolute Gasteiger partial charge is 0.247 e. The molecule has 4 nitrogen and oxygen atoms in total. The van der Waals surface area contributed by atoms with Crippen molar-refractivity contribution >= 4 is 0 Å². The van der Waals surface area contributed by atoms with Crippen molar-refractivity contribution in [3.8, 4) is 5.88 Å². The summed E-state index contributed by atoms with van der Waals surface area (Å²) in [5, 5.41) is 12.5. The minimum absolute atomic E-state index is 0.0249. The fraction of sp³-hybridized carbons (Fsp3) is 0.400. The first-order valence-electron chi connectivity index (χ1n) is 2.71. The summed E-state index contributed by atoms with van der Waals surface area (Å²) < 4.78 is 0. The van der Waals surface area contributed by atoms with Crippen molar-refractivity contribution in [3.05, 3.63) is 12.3 Å². The lowest BCUT2D eigenvalue weighted by molar-refractivity contribution is 0.0740. The van der Waals surface area contributed by atoms with E-state index in [1.165, 1.54) is 12.3 Å². The number of aromatic hydroxyl groups is 1. The molecule has 0 unspecified atom stereocenters. The molecule has 0 saturated carbocycles. The first-order valence-corrected chi connectivity index (χ1v) is 2.71. The van der Waals surface area contributed by atoms with E-state index < -0.39 is 0 Å². The van der Waals surface area contributed by atoms with Gasteiger partial charge in [-0.05, 0) is 6.92 Å².